The van der Waals surface area contributed by atoms with Gasteiger partial charge in [-0.05, 0) is 45.0 Å². The maximum atomic E-state index is 6.53. The first-order chi connectivity index (χ1) is 17.8. The van der Waals surface area contributed by atoms with E-state index in [1.165, 1.54) is 6.33 Å². The lowest BCUT2D eigenvalue weighted by atomic mass is 10.1. The number of hydrogen-bond acceptors (Lipinski definition) is 8. The zero-order valence-corrected chi connectivity index (χ0v) is 21.5. The topological polar surface area (TPSA) is 96.1 Å². The summed E-state index contributed by atoms with van der Waals surface area (Å²) in [5.41, 5.74) is 2.64. The van der Waals surface area contributed by atoms with Gasteiger partial charge in [0.05, 0.1) is 17.2 Å². The largest absolute Gasteiger partial charge is 0.490 e. The van der Waals surface area contributed by atoms with Gasteiger partial charge >= 0.3 is 0 Å². The molecule has 3 aromatic heterocycles. The lowest BCUT2D eigenvalue weighted by Crippen LogP contribution is -2.34. The first-order valence-corrected chi connectivity index (χ1v) is 12.3. The third-order valence-corrected chi connectivity index (χ3v) is 6.68. The fraction of sp³-hybridized carbons (Fsp3) is 0.407. The standard InChI is InChI=1S/C27H30N6O4/c1-16-19(9-8-17-7-6-11-28-21(16)17)34-13-20-22-23(37-27(2,3)36-22)26(35-20)33-12-10-18-24(31-15-32(4)5)29-14-30-25(18)33/h6-12,14-15,20,22-23,26H,13H2,1-5H3/b31-15+/t20-,22-,23-,26-/m1/s1. The van der Waals surface area contributed by atoms with Crippen LogP contribution in [0.2, 0.25) is 0 Å². The molecule has 2 saturated heterocycles. The maximum Gasteiger partial charge on any atom is 0.166 e. The normalized spacial score (nSPS) is 24.8. The van der Waals surface area contributed by atoms with Crippen LogP contribution in [-0.4, -0.2) is 75.6 Å². The second kappa shape index (κ2) is 9.05. The van der Waals surface area contributed by atoms with Gasteiger partial charge in [-0.25, -0.2) is 15.0 Å². The Morgan fingerprint density at radius 1 is 1.11 bits per heavy atom. The van der Waals surface area contributed by atoms with Gasteiger partial charge in [0, 0.05) is 37.4 Å². The van der Waals surface area contributed by atoms with Gasteiger partial charge < -0.3 is 28.4 Å². The van der Waals surface area contributed by atoms with Crippen LogP contribution in [0.3, 0.4) is 0 Å². The Hall–Kier alpha value is -3.60. The van der Waals surface area contributed by atoms with Crippen molar-refractivity contribution in [3.63, 3.8) is 0 Å². The Bertz CT molecular complexity index is 1480. The molecule has 4 atom stereocenters. The van der Waals surface area contributed by atoms with Crippen molar-refractivity contribution in [3.8, 4) is 5.75 Å². The molecule has 4 aromatic rings. The van der Waals surface area contributed by atoms with Gasteiger partial charge in [0.25, 0.3) is 0 Å². The molecule has 0 unspecified atom stereocenters. The predicted octanol–water partition coefficient (Wildman–Crippen LogP) is 4.01. The van der Waals surface area contributed by atoms with Crippen molar-refractivity contribution in [2.75, 3.05) is 20.7 Å². The summed E-state index contributed by atoms with van der Waals surface area (Å²) in [5, 5.41) is 1.91. The molecule has 0 saturated carbocycles. The lowest BCUT2D eigenvalue weighted by molar-refractivity contribution is -0.198. The monoisotopic (exact) mass is 502 g/mol. The highest BCUT2D eigenvalue weighted by atomic mass is 16.8. The molecule has 2 aliphatic heterocycles. The molecule has 0 radical (unpaired) electrons. The summed E-state index contributed by atoms with van der Waals surface area (Å²) in [7, 11) is 3.83. The number of aryl methyl sites for hydroxylation is 1. The molecule has 192 valence electrons. The number of fused-ring (bicyclic) bond motifs is 3. The van der Waals surface area contributed by atoms with Gasteiger partial charge in [0.2, 0.25) is 0 Å². The minimum atomic E-state index is -0.739. The molecule has 2 aliphatic rings. The van der Waals surface area contributed by atoms with Crippen LogP contribution in [0.1, 0.15) is 25.6 Å². The highest BCUT2D eigenvalue weighted by molar-refractivity contribution is 5.87. The number of pyridine rings is 1. The highest BCUT2D eigenvalue weighted by Gasteiger charge is 2.56. The maximum absolute atomic E-state index is 6.53. The number of aromatic nitrogens is 4. The van der Waals surface area contributed by atoms with Crippen molar-refractivity contribution >= 4 is 34.1 Å². The van der Waals surface area contributed by atoms with E-state index in [0.29, 0.717) is 12.4 Å². The summed E-state index contributed by atoms with van der Waals surface area (Å²) in [6.07, 6.45) is 5.54. The van der Waals surface area contributed by atoms with Gasteiger partial charge in [-0.2, -0.15) is 0 Å². The molecule has 10 nitrogen and oxygen atoms in total. The van der Waals surface area contributed by atoms with Gasteiger partial charge in [-0.1, -0.05) is 6.07 Å². The van der Waals surface area contributed by atoms with Crippen LogP contribution in [-0.2, 0) is 14.2 Å². The molecule has 1 aromatic carbocycles. The molecule has 2 fully saturated rings. The summed E-state index contributed by atoms with van der Waals surface area (Å²) < 4.78 is 27.4. The molecule has 0 bridgehead atoms. The zero-order valence-electron chi connectivity index (χ0n) is 21.5. The molecular weight excluding hydrogens is 472 g/mol. The summed E-state index contributed by atoms with van der Waals surface area (Å²) in [5.74, 6) is 0.629. The average molecular weight is 503 g/mol. The second-order valence-corrected chi connectivity index (χ2v) is 10.1. The molecule has 10 heteroatoms. The molecule has 0 N–H and O–H groups in total. The molecule has 6 rings (SSSR count). The highest BCUT2D eigenvalue weighted by Crippen LogP contribution is 2.44. The summed E-state index contributed by atoms with van der Waals surface area (Å²) >= 11 is 0. The van der Waals surface area contributed by atoms with Gasteiger partial charge in [0.15, 0.2) is 17.8 Å². The quantitative estimate of drug-likeness (QED) is 0.288. The molecule has 5 heterocycles. The van der Waals surface area contributed by atoms with E-state index in [4.69, 9.17) is 18.9 Å². The fourth-order valence-electron chi connectivity index (χ4n) is 5.05. The smallest absolute Gasteiger partial charge is 0.166 e. The minimum absolute atomic E-state index is 0.301. The van der Waals surface area contributed by atoms with E-state index < -0.39 is 12.0 Å². The number of nitrogens with zero attached hydrogens (tertiary/aromatic N) is 6. The van der Waals surface area contributed by atoms with Crippen LogP contribution < -0.4 is 4.74 Å². The van der Waals surface area contributed by atoms with Crippen LogP contribution in [0.15, 0.2) is 54.0 Å². The lowest BCUT2D eigenvalue weighted by Gasteiger charge is -2.25. The Labute approximate surface area is 214 Å². The first kappa shape index (κ1) is 23.8. The van der Waals surface area contributed by atoms with Crippen LogP contribution in [0, 0.1) is 6.92 Å². The van der Waals surface area contributed by atoms with E-state index in [1.807, 2.05) is 80.9 Å². The molecule has 37 heavy (non-hydrogen) atoms. The third kappa shape index (κ3) is 4.30. The summed E-state index contributed by atoms with van der Waals surface area (Å²) in [6, 6.07) is 9.92. The van der Waals surface area contributed by atoms with E-state index >= 15 is 0 Å². The van der Waals surface area contributed by atoms with Crippen LogP contribution in [0.4, 0.5) is 5.82 Å². The van der Waals surface area contributed by atoms with Crippen molar-refractivity contribution in [1.82, 2.24) is 24.4 Å². The Morgan fingerprint density at radius 3 is 2.78 bits per heavy atom. The minimum Gasteiger partial charge on any atom is -0.490 e. The molecular formula is C27H30N6O4. The van der Waals surface area contributed by atoms with Crippen LogP contribution in [0.25, 0.3) is 21.9 Å². The number of benzene rings is 1. The van der Waals surface area contributed by atoms with E-state index in [2.05, 4.69) is 19.9 Å². The predicted molar refractivity (Wildman–Crippen MR) is 139 cm³/mol. The Morgan fingerprint density at radius 2 is 1.95 bits per heavy atom. The van der Waals surface area contributed by atoms with Gasteiger partial charge in [-0.3, -0.25) is 4.98 Å². The fourth-order valence-corrected chi connectivity index (χ4v) is 5.05. The van der Waals surface area contributed by atoms with Crippen molar-refractivity contribution < 1.29 is 18.9 Å². The number of rotatable bonds is 6. The Kier molecular flexibility index (Phi) is 5.82. The average Bonchev–Trinajstić information content (AvgIpc) is 3.53. The number of ether oxygens (including phenoxy) is 4. The number of aliphatic imine (C=N–C) groups is 1. The summed E-state index contributed by atoms with van der Waals surface area (Å²) in [4.78, 5) is 19.7. The van der Waals surface area contributed by atoms with Gasteiger partial charge in [0.1, 0.15) is 42.6 Å². The van der Waals surface area contributed by atoms with E-state index in [0.717, 1.165) is 33.2 Å². The first-order valence-electron chi connectivity index (χ1n) is 12.3. The van der Waals surface area contributed by atoms with Crippen LogP contribution >= 0.6 is 0 Å². The van der Waals surface area contributed by atoms with Crippen molar-refractivity contribution in [1.29, 1.82) is 0 Å². The van der Waals surface area contributed by atoms with Crippen molar-refractivity contribution in [2.45, 2.75) is 51.1 Å². The number of hydrogen-bond donors (Lipinski definition) is 0. The van der Waals surface area contributed by atoms with E-state index in [-0.39, 0.29) is 18.3 Å². The molecule has 0 aliphatic carbocycles. The second-order valence-electron chi connectivity index (χ2n) is 10.1. The van der Waals surface area contributed by atoms with Crippen LogP contribution in [0.5, 0.6) is 5.75 Å². The van der Waals surface area contributed by atoms with E-state index in [9.17, 15) is 0 Å². The SMILES string of the molecule is Cc1c(OC[C@H]2O[C@@H](n3ccc4c(/N=C/N(C)C)ncnc43)[C@@H]3OC(C)(C)O[C@@H]32)ccc2cccnc12. The van der Waals surface area contributed by atoms with Crippen molar-refractivity contribution in [2.24, 2.45) is 4.99 Å². The van der Waals surface area contributed by atoms with Gasteiger partial charge in [-0.15, -0.1) is 0 Å². The van der Waals surface area contributed by atoms with Crippen molar-refractivity contribution in [3.05, 3.63) is 54.6 Å². The zero-order chi connectivity index (χ0) is 25.7. The van der Waals surface area contributed by atoms with E-state index in [1.54, 1.807) is 12.5 Å². The molecule has 0 amide bonds. The summed E-state index contributed by atoms with van der Waals surface area (Å²) in [6.45, 7) is 6.17. The Balaban J connectivity index is 1.29. The third-order valence-electron chi connectivity index (χ3n) is 6.68. The molecule has 0 spiro atoms.